The lowest BCUT2D eigenvalue weighted by Gasteiger charge is -2.47. The van der Waals surface area contributed by atoms with E-state index in [9.17, 15) is 19.5 Å². The Morgan fingerprint density at radius 3 is 0.847 bits per heavy atom. The van der Waals surface area contributed by atoms with Crippen molar-refractivity contribution in [2.24, 2.45) is 0 Å². The SMILES string of the molecule is CCCCCCCCCCCCCC(=O)O[C@H](CCCCCCCCCCC)CC(=O)N[C@H]1[C@H](OCc2ccccc2)O[C@H](CO[C@@H]2O[C@H](COCc3ccccc3)[C@@H](O)[C@H](OC(=O)C[C@@H](CCCCCCCCCCC)OC(=O)CCCCCCCCCCCCC)[C@H]2NC(=O)C[C@@H](CCCCCCCCCCC)OC(=O)CCCCCCCCCCCCC)[C@@H](OCc2ccccc2)[C@@H]1OCc1ccccc1. The first-order chi connectivity index (χ1) is 70.7. The number of aliphatic hydroxyl groups is 1. The molecule has 2 heterocycles. The maximum Gasteiger partial charge on any atom is 0.310 e. The number of nitrogens with one attached hydrogen (secondary N) is 2. The minimum atomic E-state index is -1.66. The molecule has 0 saturated carbocycles. The summed E-state index contributed by atoms with van der Waals surface area (Å²) in [5.41, 5.74) is 3.35. The summed E-state index contributed by atoms with van der Waals surface area (Å²) in [6.45, 7) is 13.1. The van der Waals surface area contributed by atoms with E-state index in [0.29, 0.717) is 51.4 Å². The standard InChI is InChI=1S/C124H204N2O18/c1-7-13-19-25-31-37-40-46-52-58-76-90-113(129)139-106(87-73-55-49-43-34-28-22-16-10-4)93-111(127)125-117-121(144-116(132)95-108(89-75-57-51-45-36-30-24-18-12-6)141-115(131)92-78-60-54-48-42-39-33-27-21-15-9-3)119(133)109(100-134-96-102-79-65-61-66-80-102)142-123(117)138-101-110-120(135-97-103-81-67-62-68-82-103)122(136-98-104-83-69-63-70-84-104)118(124(143-110)137-99-105-85-71-64-72-86-105)126-112(128)94-107(88-74-56-50-44-35-29-23-17-11-5)140-114(130)91-77-59-53-47-41-38-32-26-20-14-8-2/h61-72,79-86,106-110,117-124,133H,7-60,73-78,87-101H2,1-6H3,(H,125,127)(H,126,128)/t106-,107-,108-,109-,110-,117-,118-,119-,120-,121-,122-,123-,124-/m1/s1. The zero-order chi connectivity index (χ0) is 103. The number of carbonyl (C=O) groups is 6. The molecule has 144 heavy (non-hydrogen) atoms. The van der Waals surface area contributed by atoms with Crippen LogP contribution in [0.15, 0.2) is 121 Å². The normalized spacial score (nSPS) is 18.5. The molecule has 2 aliphatic heterocycles. The van der Waals surface area contributed by atoms with E-state index >= 15 is 14.4 Å². The molecule has 2 aliphatic rings. The van der Waals surface area contributed by atoms with E-state index in [-0.39, 0.29) is 96.1 Å². The molecular formula is C124H204N2O18. The van der Waals surface area contributed by atoms with Crippen LogP contribution in [0.3, 0.4) is 0 Å². The molecule has 0 aromatic heterocycles. The molecule has 4 aromatic carbocycles. The minimum absolute atomic E-state index is 0.0349. The van der Waals surface area contributed by atoms with Gasteiger partial charge in [0.15, 0.2) is 18.7 Å². The summed E-state index contributed by atoms with van der Waals surface area (Å²) in [6, 6.07) is 36.3. The van der Waals surface area contributed by atoms with Crippen LogP contribution in [0.2, 0.25) is 0 Å². The van der Waals surface area contributed by atoms with Crippen LogP contribution in [-0.4, -0.2) is 134 Å². The van der Waals surface area contributed by atoms with Gasteiger partial charge in [-0.25, -0.2) is 0 Å². The fourth-order valence-corrected chi connectivity index (χ4v) is 20.0. The molecule has 2 saturated heterocycles. The third-order valence-electron chi connectivity index (χ3n) is 28.8. The highest BCUT2D eigenvalue weighted by Gasteiger charge is 2.53. The van der Waals surface area contributed by atoms with E-state index in [1.807, 2.05) is 121 Å². The van der Waals surface area contributed by atoms with Crippen LogP contribution >= 0.6 is 0 Å². The molecule has 4 aromatic rings. The molecule has 20 nitrogen and oxygen atoms in total. The van der Waals surface area contributed by atoms with E-state index < -0.39 is 97.4 Å². The third kappa shape index (κ3) is 61.5. The Labute approximate surface area is 874 Å². The van der Waals surface area contributed by atoms with Gasteiger partial charge in [-0.15, -0.1) is 0 Å². The molecule has 818 valence electrons. The lowest BCUT2D eigenvalue weighted by molar-refractivity contribution is -0.315. The monoisotopic (exact) mass is 2010 g/mol. The van der Waals surface area contributed by atoms with Gasteiger partial charge in [0.1, 0.15) is 60.9 Å². The first-order valence-corrected chi connectivity index (χ1v) is 59.3. The van der Waals surface area contributed by atoms with E-state index in [2.05, 4.69) is 52.2 Å². The lowest BCUT2D eigenvalue weighted by Crippen LogP contribution is -2.68. The van der Waals surface area contributed by atoms with Gasteiger partial charge in [-0.05, 0) is 80.0 Å². The molecular weight excluding hydrogens is 1810 g/mol. The van der Waals surface area contributed by atoms with Crippen LogP contribution in [0.25, 0.3) is 0 Å². The van der Waals surface area contributed by atoms with Gasteiger partial charge in [0.05, 0.1) is 58.9 Å². The highest BCUT2D eigenvalue weighted by Crippen LogP contribution is 2.35. The number of carbonyl (C=O) groups excluding carboxylic acids is 6. The summed E-state index contributed by atoms with van der Waals surface area (Å²) >= 11 is 0. The topological polar surface area (TPSA) is 248 Å². The number of amides is 2. The fraction of sp³-hybridized carbons (Fsp3) is 0.758. The summed E-state index contributed by atoms with van der Waals surface area (Å²) < 4.78 is 75.8. The summed E-state index contributed by atoms with van der Waals surface area (Å²) in [5.74, 6) is -2.79. The van der Waals surface area contributed by atoms with Crippen molar-refractivity contribution in [2.45, 2.75) is 591 Å². The molecule has 0 bridgehead atoms. The predicted molar refractivity (Wildman–Crippen MR) is 583 cm³/mol. The van der Waals surface area contributed by atoms with Crippen molar-refractivity contribution in [3.05, 3.63) is 144 Å². The number of esters is 4. The third-order valence-corrected chi connectivity index (χ3v) is 28.8. The van der Waals surface area contributed by atoms with Crippen LogP contribution in [0.5, 0.6) is 0 Å². The summed E-state index contributed by atoms with van der Waals surface area (Å²) in [6.07, 6.45) is 54.9. The Kier molecular flexibility index (Phi) is 75.4. The number of hydrogen-bond acceptors (Lipinski definition) is 18. The molecule has 3 N–H and O–H groups in total. The Morgan fingerprint density at radius 2 is 0.528 bits per heavy atom. The number of hydrogen-bond donors (Lipinski definition) is 3. The van der Waals surface area contributed by atoms with E-state index in [1.165, 1.54) is 218 Å². The van der Waals surface area contributed by atoms with Crippen LogP contribution in [0.1, 0.15) is 507 Å². The second-order valence-electron chi connectivity index (χ2n) is 42.0. The molecule has 2 fully saturated rings. The number of benzene rings is 4. The summed E-state index contributed by atoms with van der Waals surface area (Å²) in [7, 11) is 0. The van der Waals surface area contributed by atoms with Gasteiger partial charge in [0, 0.05) is 19.3 Å². The van der Waals surface area contributed by atoms with E-state index in [1.54, 1.807) is 0 Å². The second kappa shape index (κ2) is 86.1. The molecule has 0 spiro atoms. The molecule has 0 radical (unpaired) electrons. The first-order valence-electron chi connectivity index (χ1n) is 59.3. The summed E-state index contributed by atoms with van der Waals surface area (Å²) in [5, 5.41) is 19.8. The summed E-state index contributed by atoms with van der Waals surface area (Å²) in [4.78, 5) is 89.5. The van der Waals surface area contributed by atoms with Crippen molar-refractivity contribution in [1.29, 1.82) is 0 Å². The van der Waals surface area contributed by atoms with Crippen molar-refractivity contribution in [1.82, 2.24) is 10.6 Å². The second-order valence-corrected chi connectivity index (χ2v) is 42.0. The van der Waals surface area contributed by atoms with Crippen LogP contribution in [0, 0.1) is 0 Å². The average molecular weight is 2010 g/mol. The molecule has 6 rings (SSSR count). The largest absolute Gasteiger partial charge is 0.462 e. The molecule has 20 heteroatoms. The quantitative estimate of drug-likeness (QED) is 0.0211. The lowest BCUT2D eigenvalue weighted by atomic mass is 9.94. The maximum absolute atomic E-state index is 15.8. The number of aliphatic hydroxyl groups excluding tert-OH is 1. The van der Waals surface area contributed by atoms with Gasteiger partial charge in [-0.2, -0.15) is 0 Å². The first kappa shape index (κ1) is 126. The highest BCUT2D eigenvalue weighted by atomic mass is 16.7. The van der Waals surface area contributed by atoms with Crippen molar-refractivity contribution in [3.8, 4) is 0 Å². The van der Waals surface area contributed by atoms with Crippen molar-refractivity contribution >= 4 is 35.7 Å². The zero-order valence-corrected chi connectivity index (χ0v) is 91.5. The van der Waals surface area contributed by atoms with E-state index in [0.717, 1.165) is 157 Å². The maximum atomic E-state index is 15.8. The molecule has 13 atom stereocenters. The minimum Gasteiger partial charge on any atom is -0.462 e. The Hall–Kier alpha value is -6.62. The van der Waals surface area contributed by atoms with Crippen molar-refractivity contribution in [3.63, 3.8) is 0 Å². The number of rotatable bonds is 94. The van der Waals surface area contributed by atoms with Gasteiger partial charge >= 0.3 is 23.9 Å². The number of ether oxygens (including phenoxy) is 11. The smallest absolute Gasteiger partial charge is 0.310 e. The Bertz CT molecular complexity index is 3710. The van der Waals surface area contributed by atoms with Gasteiger partial charge < -0.3 is 67.8 Å². The van der Waals surface area contributed by atoms with Crippen LogP contribution < -0.4 is 10.6 Å². The van der Waals surface area contributed by atoms with Crippen molar-refractivity contribution in [2.75, 3.05) is 13.2 Å². The van der Waals surface area contributed by atoms with Gasteiger partial charge in [-0.1, -0.05) is 510 Å². The Balaban J connectivity index is 1.43. The predicted octanol–water partition coefficient (Wildman–Crippen LogP) is 31.1. The molecule has 2 amide bonds. The van der Waals surface area contributed by atoms with Gasteiger partial charge in [-0.3, -0.25) is 28.8 Å². The molecule has 0 unspecified atom stereocenters. The zero-order valence-electron chi connectivity index (χ0n) is 91.5. The van der Waals surface area contributed by atoms with Crippen LogP contribution in [0.4, 0.5) is 0 Å². The average Bonchev–Trinajstić information content (AvgIpc) is 0.777. The van der Waals surface area contributed by atoms with Gasteiger partial charge in [0.2, 0.25) is 11.8 Å². The fourth-order valence-electron chi connectivity index (χ4n) is 20.0. The Morgan fingerprint density at radius 1 is 0.271 bits per heavy atom. The highest BCUT2D eigenvalue weighted by molar-refractivity contribution is 5.79. The molecule has 0 aliphatic carbocycles. The van der Waals surface area contributed by atoms with Crippen molar-refractivity contribution < 1.29 is 86.0 Å². The van der Waals surface area contributed by atoms with Gasteiger partial charge in [0.25, 0.3) is 0 Å². The van der Waals surface area contributed by atoms with E-state index in [4.69, 9.17) is 52.1 Å². The number of unbranched alkanes of at least 4 members (excludes halogenated alkanes) is 54. The van der Waals surface area contributed by atoms with Crippen LogP contribution in [-0.2, 0) is 107 Å².